The Balaban J connectivity index is 2.29. The summed E-state index contributed by atoms with van der Waals surface area (Å²) < 4.78 is 0. The monoisotopic (exact) mass is 284 g/mol. The van der Waals surface area contributed by atoms with Gasteiger partial charge in [-0.25, -0.2) is 0 Å². The van der Waals surface area contributed by atoms with Gasteiger partial charge in [-0.3, -0.25) is 4.79 Å². The third kappa shape index (κ3) is 2.81. The van der Waals surface area contributed by atoms with Crippen LogP contribution in [0.5, 0.6) is 0 Å². The van der Waals surface area contributed by atoms with E-state index >= 15 is 0 Å². The fraction of sp³-hybridized carbons (Fsp3) is 0.125. The molecule has 4 heteroatoms. The minimum absolute atomic E-state index is 0.381. The van der Waals surface area contributed by atoms with Crippen molar-refractivity contribution in [3.05, 3.63) is 65.2 Å². The zero-order valence-electron chi connectivity index (χ0n) is 10.9. The lowest BCUT2D eigenvalue weighted by Gasteiger charge is -2.21. The van der Waals surface area contributed by atoms with Crippen LogP contribution in [0.1, 0.15) is 12.5 Å². The average Bonchev–Trinajstić information content (AvgIpc) is 2.47. The number of halogens is 1. The molecule has 0 saturated carbocycles. The maximum Gasteiger partial charge on any atom is 0.249 e. The number of benzene rings is 2. The lowest BCUT2D eigenvalue weighted by molar-refractivity contribution is -0.119. The summed E-state index contributed by atoms with van der Waals surface area (Å²) in [5, 5.41) is 12.7. The summed E-state index contributed by atoms with van der Waals surface area (Å²) in [5.41, 5.74) is -0.0224. The van der Waals surface area contributed by atoms with Crippen molar-refractivity contribution in [1.29, 1.82) is 5.26 Å². The number of carbonyl (C=O) groups is 1. The molecule has 0 aromatic heterocycles. The maximum absolute atomic E-state index is 12.4. The Bertz CT molecular complexity index is 664. The molecule has 1 amide bonds. The third-order valence-corrected chi connectivity index (χ3v) is 3.35. The molecule has 0 radical (unpaired) electrons. The van der Waals surface area contributed by atoms with E-state index in [4.69, 9.17) is 11.6 Å². The van der Waals surface area contributed by atoms with E-state index in [2.05, 4.69) is 11.4 Å². The first-order valence-corrected chi connectivity index (χ1v) is 6.48. The van der Waals surface area contributed by atoms with E-state index < -0.39 is 5.41 Å². The van der Waals surface area contributed by atoms with Crippen molar-refractivity contribution < 1.29 is 4.79 Å². The van der Waals surface area contributed by atoms with E-state index in [9.17, 15) is 10.1 Å². The lowest BCUT2D eigenvalue weighted by atomic mass is 9.83. The van der Waals surface area contributed by atoms with E-state index in [1.54, 1.807) is 55.5 Å². The quantitative estimate of drug-likeness (QED) is 0.933. The van der Waals surface area contributed by atoms with Crippen molar-refractivity contribution in [2.24, 2.45) is 0 Å². The highest BCUT2D eigenvalue weighted by Crippen LogP contribution is 2.25. The number of amides is 1. The Labute approximate surface area is 122 Å². The summed E-state index contributed by atoms with van der Waals surface area (Å²) in [5.74, 6) is -0.381. The predicted octanol–water partition coefficient (Wildman–Crippen LogP) is 3.76. The summed E-state index contributed by atoms with van der Waals surface area (Å²) >= 11 is 5.88. The van der Waals surface area contributed by atoms with Crippen molar-refractivity contribution in [2.75, 3.05) is 5.32 Å². The van der Waals surface area contributed by atoms with Crippen LogP contribution in [-0.4, -0.2) is 5.91 Å². The molecule has 0 saturated heterocycles. The second kappa shape index (κ2) is 5.77. The molecular weight excluding hydrogens is 272 g/mol. The summed E-state index contributed by atoms with van der Waals surface area (Å²) in [7, 11) is 0. The van der Waals surface area contributed by atoms with Gasteiger partial charge in [-0.05, 0) is 30.7 Å². The first-order chi connectivity index (χ1) is 9.56. The Morgan fingerprint density at radius 2 is 1.90 bits per heavy atom. The first-order valence-electron chi connectivity index (χ1n) is 6.10. The minimum Gasteiger partial charge on any atom is -0.324 e. The lowest BCUT2D eigenvalue weighted by Crippen LogP contribution is -2.36. The van der Waals surface area contributed by atoms with Gasteiger partial charge in [0.1, 0.15) is 0 Å². The molecule has 0 spiro atoms. The molecule has 0 fully saturated rings. The second-order valence-corrected chi connectivity index (χ2v) is 5.00. The summed E-state index contributed by atoms with van der Waals surface area (Å²) in [6.45, 7) is 1.60. The van der Waals surface area contributed by atoms with Gasteiger partial charge >= 0.3 is 0 Å². The van der Waals surface area contributed by atoms with Crippen LogP contribution in [0.15, 0.2) is 54.6 Å². The molecule has 2 aromatic rings. The molecule has 2 aromatic carbocycles. The standard InChI is InChI=1S/C16H13ClN2O/c1-16(11-18,12-6-3-2-4-7-12)15(20)19-14-9-5-8-13(17)10-14/h2-10H,1H3,(H,19,20). The van der Waals surface area contributed by atoms with Crippen LogP contribution in [0, 0.1) is 11.3 Å². The Morgan fingerprint density at radius 3 is 2.50 bits per heavy atom. The topological polar surface area (TPSA) is 52.9 Å². The van der Waals surface area contributed by atoms with Crippen LogP contribution in [0.4, 0.5) is 5.69 Å². The van der Waals surface area contributed by atoms with Crippen molar-refractivity contribution in [2.45, 2.75) is 12.3 Å². The Hall–Kier alpha value is -2.31. The van der Waals surface area contributed by atoms with E-state index in [1.165, 1.54) is 0 Å². The van der Waals surface area contributed by atoms with Gasteiger partial charge in [0, 0.05) is 10.7 Å². The summed E-state index contributed by atoms with van der Waals surface area (Å²) in [6.07, 6.45) is 0. The number of rotatable bonds is 3. The van der Waals surface area contributed by atoms with E-state index in [0.717, 1.165) is 0 Å². The van der Waals surface area contributed by atoms with Gasteiger partial charge in [-0.15, -0.1) is 0 Å². The third-order valence-electron chi connectivity index (χ3n) is 3.11. The van der Waals surface area contributed by atoms with Crippen LogP contribution in [-0.2, 0) is 10.2 Å². The number of nitrogens with one attached hydrogen (secondary N) is 1. The van der Waals surface area contributed by atoms with Gasteiger partial charge in [0.05, 0.1) is 6.07 Å². The van der Waals surface area contributed by atoms with Crippen molar-refractivity contribution >= 4 is 23.2 Å². The fourth-order valence-corrected chi connectivity index (χ4v) is 2.03. The van der Waals surface area contributed by atoms with E-state index in [1.807, 2.05) is 6.07 Å². The molecule has 0 aliphatic rings. The molecule has 0 aliphatic heterocycles. The number of hydrogen-bond donors (Lipinski definition) is 1. The van der Waals surface area contributed by atoms with E-state index in [0.29, 0.717) is 16.3 Å². The molecular formula is C16H13ClN2O. The van der Waals surface area contributed by atoms with Crippen molar-refractivity contribution in [3.63, 3.8) is 0 Å². The number of anilines is 1. The van der Waals surface area contributed by atoms with Gasteiger partial charge in [-0.1, -0.05) is 48.0 Å². The summed E-state index contributed by atoms with van der Waals surface area (Å²) in [6, 6.07) is 17.9. The smallest absolute Gasteiger partial charge is 0.249 e. The summed E-state index contributed by atoms with van der Waals surface area (Å²) in [4.78, 5) is 12.4. The number of carbonyl (C=O) groups excluding carboxylic acids is 1. The molecule has 100 valence electrons. The SMILES string of the molecule is CC(C#N)(C(=O)Nc1cccc(Cl)c1)c1ccccc1. The zero-order chi connectivity index (χ0) is 14.6. The molecule has 1 N–H and O–H groups in total. The molecule has 0 bridgehead atoms. The second-order valence-electron chi connectivity index (χ2n) is 4.57. The van der Waals surface area contributed by atoms with E-state index in [-0.39, 0.29) is 5.91 Å². The highest BCUT2D eigenvalue weighted by Gasteiger charge is 2.35. The van der Waals surface area contributed by atoms with Gasteiger partial charge in [-0.2, -0.15) is 5.26 Å². The van der Waals surface area contributed by atoms with Crippen LogP contribution < -0.4 is 5.32 Å². The Morgan fingerprint density at radius 1 is 1.20 bits per heavy atom. The van der Waals surface area contributed by atoms with Gasteiger partial charge < -0.3 is 5.32 Å². The van der Waals surface area contributed by atoms with Gasteiger partial charge in [0.2, 0.25) is 5.91 Å². The normalized spacial score (nSPS) is 13.1. The van der Waals surface area contributed by atoms with Crippen LogP contribution >= 0.6 is 11.6 Å². The highest BCUT2D eigenvalue weighted by atomic mass is 35.5. The number of nitrogens with zero attached hydrogens (tertiary/aromatic N) is 1. The maximum atomic E-state index is 12.4. The van der Waals surface area contributed by atoms with Crippen molar-refractivity contribution in [1.82, 2.24) is 0 Å². The predicted molar refractivity (Wildman–Crippen MR) is 79.5 cm³/mol. The molecule has 0 heterocycles. The highest BCUT2D eigenvalue weighted by molar-refractivity contribution is 6.30. The van der Waals surface area contributed by atoms with Crippen LogP contribution in [0.25, 0.3) is 0 Å². The van der Waals surface area contributed by atoms with Gasteiger partial charge in [0.15, 0.2) is 5.41 Å². The number of nitriles is 1. The fourth-order valence-electron chi connectivity index (χ4n) is 1.84. The molecule has 20 heavy (non-hydrogen) atoms. The van der Waals surface area contributed by atoms with Crippen molar-refractivity contribution in [3.8, 4) is 6.07 Å². The van der Waals surface area contributed by atoms with Crippen LogP contribution in [0.3, 0.4) is 0 Å². The molecule has 0 aliphatic carbocycles. The average molecular weight is 285 g/mol. The minimum atomic E-state index is -1.25. The largest absolute Gasteiger partial charge is 0.324 e. The molecule has 1 unspecified atom stereocenters. The first kappa shape index (κ1) is 14.1. The Kier molecular flexibility index (Phi) is 4.07. The zero-order valence-corrected chi connectivity index (χ0v) is 11.7. The van der Waals surface area contributed by atoms with Crippen LogP contribution in [0.2, 0.25) is 5.02 Å². The number of hydrogen-bond acceptors (Lipinski definition) is 2. The molecule has 1 atom stereocenters. The molecule has 2 rings (SSSR count). The van der Waals surface area contributed by atoms with Gasteiger partial charge in [0.25, 0.3) is 0 Å². The molecule has 3 nitrogen and oxygen atoms in total.